The molecule has 0 radical (unpaired) electrons. The molecule has 0 aliphatic rings. The van der Waals surface area contributed by atoms with Crippen LogP contribution in [0.15, 0.2) is 48.5 Å². The lowest BCUT2D eigenvalue weighted by molar-refractivity contribution is 0.102. The Kier molecular flexibility index (Phi) is 3.65. The van der Waals surface area contributed by atoms with Gasteiger partial charge >= 0.3 is 0 Å². The lowest BCUT2D eigenvalue weighted by Gasteiger charge is -2.06. The Hall–Kier alpha value is -3.02. The third-order valence-electron chi connectivity index (χ3n) is 3.33. The second-order valence-corrected chi connectivity index (χ2v) is 5.02. The van der Waals surface area contributed by atoms with Gasteiger partial charge in [-0.1, -0.05) is 29.8 Å². The molecule has 1 aromatic heterocycles. The Balaban J connectivity index is 1.76. The monoisotopic (exact) mass is 293 g/mol. The molecule has 3 aromatic rings. The first-order chi connectivity index (χ1) is 10.6. The van der Waals surface area contributed by atoms with Crippen LogP contribution in [0.25, 0.3) is 11.4 Å². The van der Waals surface area contributed by atoms with Gasteiger partial charge in [-0.3, -0.25) is 4.79 Å². The number of carbonyl (C=O) groups excluding carboxylic acids is 1. The molecule has 3 rings (SSSR count). The summed E-state index contributed by atoms with van der Waals surface area (Å²) in [7, 11) is 1.77. The maximum atomic E-state index is 12.2. The number of aromatic nitrogens is 4. The molecule has 0 aliphatic carbocycles. The maximum absolute atomic E-state index is 12.2. The lowest BCUT2D eigenvalue weighted by atomic mass is 10.1. The number of aryl methyl sites for hydroxylation is 2. The Bertz CT molecular complexity index is 790. The van der Waals surface area contributed by atoms with E-state index in [2.05, 4.69) is 20.8 Å². The van der Waals surface area contributed by atoms with Crippen molar-refractivity contribution in [2.75, 3.05) is 5.32 Å². The van der Waals surface area contributed by atoms with Crippen molar-refractivity contribution in [3.8, 4) is 11.4 Å². The molecule has 0 unspecified atom stereocenters. The zero-order valence-electron chi connectivity index (χ0n) is 12.3. The normalized spacial score (nSPS) is 10.5. The third-order valence-corrected chi connectivity index (χ3v) is 3.33. The van der Waals surface area contributed by atoms with Crippen LogP contribution in [0.4, 0.5) is 5.69 Å². The van der Waals surface area contributed by atoms with Gasteiger partial charge < -0.3 is 5.32 Å². The summed E-state index contributed by atoms with van der Waals surface area (Å²) in [5.74, 6) is 0.511. The number of hydrogen-bond donors (Lipinski definition) is 1. The van der Waals surface area contributed by atoms with Crippen molar-refractivity contribution < 1.29 is 4.79 Å². The van der Waals surface area contributed by atoms with Gasteiger partial charge in [0, 0.05) is 23.9 Å². The van der Waals surface area contributed by atoms with E-state index in [1.54, 1.807) is 23.9 Å². The largest absolute Gasteiger partial charge is 0.322 e. The first-order valence-corrected chi connectivity index (χ1v) is 6.84. The lowest BCUT2D eigenvalue weighted by Crippen LogP contribution is -2.11. The number of nitrogens with one attached hydrogen (secondary N) is 1. The Morgan fingerprint density at radius 1 is 1.05 bits per heavy atom. The van der Waals surface area contributed by atoms with Crippen molar-refractivity contribution in [1.82, 2.24) is 20.2 Å². The maximum Gasteiger partial charge on any atom is 0.255 e. The minimum atomic E-state index is -0.147. The molecule has 22 heavy (non-hydrogen) atoms. The number of anilines is 1. The van der Waals surface area contributed by atoms with E-state index >= 15 is 0 Å². The Morgan fingerprint density at radius 2 is 1.73 bits per heavy atom. The summed E-state index contributed by atoms with van der Waals surface area (Å²) in [6, 6.07) is 14.9. The summed E-state index contributed by atoms with van der Waals surface area (Å²) in [6.07, 6.45) is 0. The summed E-state index contributed by atoms with van der Waals surface area (Å²) in [5, 5.41) is 14.2. The number of hydrogen-bond acceptors (Lipinski definition) is 4. The minimum absolute atomic E-state index is 0.147. The van der Waals surface area contributed by atoms with E-state index in [-0.39, 0.29) is 5.91 Å². The quantitative estimate of drug-likeness (QED) is 0.805. The second-order valence-electron chi connectivity index (χ2n) is 5.02. The minimum Gasteiger partial charge on any atom is -0.322 e. The van der Waals surface area contributed by atoms with E-state index in [9.17, 15) is 4.79 Å². The smallest absolute Gasteiger partial charge is 0.255 e. The summed E-state index contributed by atoms with van der Waals surface area (Å²) < 4.78 is 1.58. The standard InChI is InChI=1S/C16H15N5O/c1-11-3-9-14(10-4-11)17-16(22)13-7-5-12(6-8-13)15-18-19-20-21(15)2/h3-10H,1-2H3,(H,17,22). The van der Waals surface area contributed by atoms with Crippen LogP contribution in [0.3, 0.4) is 0 Å². The van der Waals surface area contributed by atoms with Gasteiger partial charge in [0.1, 0.15) is 0 Å². The average Bonchev–Trinajstić information content (AvgIpc) is 2.96. The highest BCUT2D eigenvalue weighted by Gasteiger charge is 2.09. The van der Waals surface area contributed by atoms with Crippen LogP contribution in [-0.4, -0.2) is 26.1 Å². The fraction of sp³-hybridized carbons (Fsp3) is 0.125. The van der Waals surface area contributed by atoms with Crippen molar-refractivity contribution >= 4 is 11.6 Å². The molecule has 0 fully saturated rings. The molecule has 0 saturated carbocycles. The van der Waals surface area contributed by atoms with E-state index in [0.29, 0.717) is 11.4 Å². The van der Waals surface area contributed by atoms with Gasteiger partial charge in [0.05, 0.1) is 0 Å². The van der Waals surface area contributed by atoms with E-state index in [0.717, 1.165) is 16.8 Å². The molecule has 0 saturated heterocycles. The number of amides is 1. The summed E-state index contributed by atoms with van der Waals surface area (Å²) in [6.45, 7) is 2.01. The molecule has 6 nitrogen and oxygen atoms in total. The Labute approximate surface area is 127 Å². The van der Waals surface area contributed by atoms with Crippen LogP contribution < -0.4 is 5.32 Å². The number of nitrogens with zero attached hydrogens (tertiary/aromatic N) is 4. The van der Waals surface area contributed by atoms with Gasteiger partial charge in [-0.2, -0.15) is 0 Å². The van der Waals surface area contributed by atoms with E-state index in [1.807, 2.05) is 43.3 Å². The predicted molar refractivity (Wildman–Crippen MR) is 83.4 cm³/mol. The molecule has 0 aliphatic heterocycles. The number of carbonyl (C=O) groups is 1. The van der Waals surface area contributed by atoms with Crippen LogP contribution in [0.2, 0.25) is 0 Å². The molecule has 0 bridgehead atoms. The van der Waals surface area contributed by atoms with Gasteiger partial charge in [0.2, 0.25) is 0 Å². The third kappa shape index (κ3) is 2.85. The average molecular weight is 293 g/mol. The molecule has 0 spiro atoms. The summed E-state index contributed by atoms with van der Waals surface area (Å²) in [4.78, 5) is 12.2. The van der Waals surface area contributed by atoms with E-state index in [1.165, 1.54) is 0 Å². The van der Waals surface area contributed by atoms with Crippen molar-refractivity contribution in [3.05, 3.63) is 59.7 Å². The fourth-order valence-electron chi connectivity index (χ4n) is 2.08. The molecule has 110 valence electrons. The van der Waals surface area contributed by atoms with Crippen molar-refractivity contribution in [1.29, 1.82) is 0 Å². The van der Waals surface area contributed by atoms with Gasteiger partial charge in [-0.15, -0.1) is 5.10 Å². The van der Waals surface area contributed by atoms with Gasteiger partial charge in [-0.25, -0.2) is 4.68 Å². The van der Waals surface area contributed by atoms with Crippen LogP contribution >= 0.6 is 0 Å². The fourth-order valence-corrected chi connectivity index (χ4v) is 2.08. The van der Waals surface area contributed by atoms with Crippen molar-refractivity contribution in [2.45, 2.75) is 6.92 Å². The Morgan fingerprint density at radius 3 is 2.32 bits per heavy atom. The van der Waals surface area contributed by atoms with Gasteiger partial charge in [-0.05, 0) is 41.6 Å². The van der Waals surface area contributed by atoms with E-state index < -0.39 is 0 Å². The number of tetrazole rings is 1. The van der Waals surface area contributed by atoms with Crippen molar-refractivity contribution in [2.24, 2.45) is 7.05 Å². The zero-order chi connectivity index (χ0) is 15.5. The first kappa shape index (κ1) is 13.9. The van der Waals surface area contributed by atoms with Crippen LogP contribution in [0.5, 0.6) is 0 Å². The van der Waals surface area contributed by atoms with Gasteiger partial charge in [0.15, 0.2) is 5.82 Å². The SMILES string of the molecule is Cc1ccc(NC(=O)c2ccc(-c3nnnn3C)cc2)cc1. The zero-order valence-corrected chi connectivity index (χ0v) is 12.3. The number of rotatable bonds is 3. The summed E-state index contributed by atoms with van der Waals surface area (Å²) in [5.41, 5.74) is 3.37. The highest BCUT2D eigenvalue weighted by Crippen LogP contribution is 2.17. The molecule has 1 heterocycles. The van der Waals surface area contributed by atoms with Crippen LogP contribution in [-0.2, 0) is 7.05 Å². The molecule has 6 heteroatoms. The summed E-state index contributed by atoms with van der Waals surface area (Å²) >= 11 is 0. The van der Waals surface area contributed by atoms with Gasteiger partial charge in [0.25, 0.3) is 5.91 Å². The molecule has 2 aromatic carbocycles. The second kappa shape index (κ2) is 5.77. The molecule has 0 atom stereocenters. The highest BCUT2D eigenvalue weighted by molar-refractivity contribution is 6.04. The molecule has 1 N–H and O–H groups in total. The molecule has 1 amide bonds. The predicted octanol–water partition coefficient (Wildman–Crippen LogP) is 2.44. The van der Waals surface area contributed by atoms with Crippen LogP contribution in [0, 0.1) is 6.92 Å². The first-order valence-electron chi connectivity index (χ1n) is 6.84. The van der Waals surface area contributed by atoms with Crippen LogP contribution in [0.1, 0.15) is 15.9 Å². The molecular weight excluding hydrogens is 278 g/mol. The molecular formula is C16H15N5O. The van der Waals surface area contributed by atoms with Crippen molar-refractivity contribution in [3.63, 3.8) is 0 Å². The topological polar surface area (TPSA) is 72.7 Å². The van der Waals surface area contributed by atoms with E-state index in [4.69, 9.17) is 0 Å². The highest BCUT2D eigenvalue weighted by atomic mass is 16.1. The number of benzene rings is 2.